The van der Waals surface area contributed by atoms with Crippen LogP contribution in [0.5, 0.6) is 11.5 Å². The lowest BCUT2D eigenvalue weighted by Crippen LogP contribution is -2.38. The first kappa shape index (κ1) is 15.0. The molecule has 21 heavy (non-hydrogen) atoms. The zero-order chi connectivity index (χ0) is 14.7. The van der Waals surface area contributed by atoms with E-state index in [1.807, 2.05) is 31.2 Å². The summed E-state index contributed by atoms with van der Waals surface area (Å²) < 4.78 is 11.4. The Labute approximate surface area is 131 Å². The molecule has 0 radical (unpaired) electrons. The number of rotatable bonds is 6. The van der Waals surface area contributed by atoms with E-state index in [9.17, 15) is 5.11 Å². The molecule has 1 aromatic carbocycles. The third kappa shape index (κ3) is 3.67. The fourth-order valence-electron chi connectivity index (χ4n) is 3.41. The quantitative estimate of drug-likeness (QED) is 0.871. The maximum atomic E-state index is 10.8. The molecule has 0 aliphatic carbocycles. The largest absolute Gasteiger partial charge is 0.490 e. The predicted octanol–water partition coefficient (Wildman–Crippen LogP) is 3.64. The highest BCUT2D eigenvalue weighted by Gasteiger charge is 2.43. The van der Waals surface area contributed by atoms with Gasteiger partial charge < -0.3 is 14.6 Å². The number of benzene rings is 1. The normalized spacial score (nSPS) is 31.1. The molecule has 1 N–H and O–H groups in total. The molecule has 2 aliphatic rings. The number of hydrogen-bond acceptors (Lipinski definition) is 4. The van der Waals surface area contributed by atoms with Gasteiger partial charge in [0.15, 0.2) is 11.5 Å². The van der Waals surface area contributed by atoms with Crippen LogP contribution in [0.1, 0.15) is 39.0 Å². The van der Waals surface area contributed by atoms with Crippen molar-refractivity contribution in [3.8, 4) is 11.5 Å². The van der Waals surface area contributed by atoms with Gasteiger partial charge in [0, 0.05) is 16.9 Å². The van der Waals surface area contributed by atoms with Gasteiger partial charge in [-0.15, -0.1) is 0 Å². The average Bonchev–Trinajstić information content (AvgIpc) is 2.81. The molecule has 2 bridgehead atoms. The Kier molecular flexibility index (Phi) is 4.65. The molecule has 1 aromatic rings. The van der Waals surface area contributed by atoms with Crippen molar-refractivity contribution in [2.24, 2.45) is 0 Å². The highest BCUT2D eigenvalue weighted by atomic mass is 32.2. The van der Waals surface area contributed by atoms with Gasteiger partial charge in [0.2, 0.25) is 0 Å². The van der Waals surface area contributed by atoms with E-state index >= 15 is 0 Å². The lowest BCUT2D eigenvalue weighted by molar-refractivity contribution is 0.00384. The molecule has 2 heterocycles. The summed E-state index contributed by atoms with van der Waals surface area (Å²) in [4.78, 5) is 0. The van der Waals surface area contributed by atoms with Crippen molar-refractivity contribution < 1.29 is 14.6 Å². The van der Waals surface area contributed by atoms with Crippen LogP contribution in [0, 0.1) is 0 Å². The van der Waals surface area contributed by atoms with E-state index in [0.29, 0.717) is 30.1 Å². The minimum Gasteiger partial charge on any atom is -0.490 e. The number of ether oxygens (including phenoxy) is 2. The van der Waals surface area contributed by atoms with Gasteiger partial charge in [-0.05, 0) is 44.7 Å². The number of aliphatic hydroxyl groups is 1. The summed E-state index contributed by atoms with van der Waals surface area (Å²) in [5.41, 5.74) is -0.530. The lowest BCUT2D eigenvalue weighted by Gasteiger charge is -2.36. The van der Waals surface area contributed by atoms with Gasteiger partial charge in [0.05, 0.1) is 18.8 Å². The van der Waals surface area contributed by atoms with E-state index in [1.54, 1.807) is 0 Å². The maximum absolute atomic E-state index is 10.8. The molecule has 0 amide bonds. The van der Waals surface area contributed by atoms with Crippen LogP contribution in [0.3, 0.4) is 0 Å². The molecule has 0 saturated carbocycles. The third-order valence-corrected chi connectivity index (χ3v) is 5.96. The second-order valence-corrected chi connectivity index (χ2v) is 7.67. The molecule has 2 saturated heterocycles. The number of fused-ring (bicyclic) bond motifs is 2. The number of para-hydroxylation sites is 2. The molecule has 116 valence electrons. The molecule has 0 aromatic heterocycles. The SMILES string of the molecule is CCOc1ccccc1OCCC1(O)CC2CCC(C1)S2. The summed E-state index contributed by atoms with van der Waals surface area (Å²) in [7, 11) is 0. The van der Waals surface area contributed by atoms with Crippen LogP contribution in [0.4, 0.5) is 0 Å². The van der Waals surface area contributed by atoms with Crippen LogP contribution in [-0.4, -0.2) is 34.4 Å². The van der Waals surface area contributed by atoms with Gasteiger partial charge in [-0.2, -0.15) is 11.8 Å². The fraction of sp³-hybridized carbons (Fsp3) is 0.647. The Morgan fingerprint density at radius 3 is 2.38 bits per heavy atom. The van der Waals surface area contributed by atoms with Crippen molar-refractivity contribution in [1.82, 2.24) is 0 Å². The van der Waals surface area contributed by atoms with E-state index in [0.717, 1.165) is 24.3 Å². The van der Waals surface area contributed by atoms with Gasteiger partial charge in [-0.1, -0.05) is 12.1 Å². The average molecular weight is 308 g/mol. The minimum absolute atomic E-state index is 0.530. The second-order valence-electron chi connectivity index (χ2n) is 6.07. The molecule has 4 heteroatoms. The van der Waals surface area contributed by atoms with E-state index < -0.39 is 5.60 Å². The summed E-state index contributed by atoms with van der Waals surface area (Å²) in [6.07, 6.45) is 5.09. The van der Waals surface area contributed by atoms with Crippen molar-refractivity contribution in [2.45, 2.75) is 55.1 Å². The summed E-state index contributed by atoms with van der Waals surface area (Å²) in [5.74, 6) is 1.56. The zero-order valence-corrected chi connectivity index (χ0v) is 13.4. The number of thioether (sulfide) groups is 1. The number of hydrogen-bond donors (Lipinski definition) is 1. The molecule has 0 spiro atoms. The van der Waals surface area contributed by atoms with Crippen LogP contribution >= 0.6 is 11.8 Å². The van der Waals surface area contributed by atoms with E-state index in [2.05, 4.69) is 11.8 Å². The first-order valence-electron chi connectivity index (χ1n) is 7.91. The first-order valence-corrected chi connectivity index (χ1v) is 8.85. The van der Waals surface area contributed by atoms with Gasteiger partial charge in [-0.3, -0.25) is 0 Å². The molecule has 2 aliphatic heterocycles. The third-order valence-electron chi connectivity index (χ3n) is 4.38. The smallest absolute Gasteiger partial charge is 0.161 e. The molecule has 2 fully saturated rings. The monoisotopic (exact) mass is 308 g/mol. The van der Waals surface area contributed by atoms with E-state index in [4.69, 9.17) is 9.47 Å². The highest BCUT2D eigenvalue weighted by molar-refractivity contribution is 8.00. The molecule has 2 atom stereocenters. The fourth-order valence-corrected chi connectivity index (χ4v) is 5.31. The molecule has 3 rings (SSSR count). The van der Waals surface area contributed by atoms with Crippen molar-refractivity contribution in [2.75, 3.05) is 13.2 Å². The van der Waals surface area contributed by atoms with E-state index in [-0.39, 0.29) is 0 Å². The minimum atomic E-state index is -0.530. The highest BCUT2D eigenvalue weighted by Crippen LogP contribution is 2.48. The van der Waals surface area contributed by atoms with Crippen LogP contribution in [0.15, 0.2) is 24.3 Å². The summed E-state index contributed by atoms with van der Waals surface area (Å²) in [6, 6.07) is 7.74. The molecular formula is C17H24O3S. The Balaban J connectivity index is 1.54. The molecule has 3 nitrogen and oxygen atoms in total. The Morgan fingerprint density at radius 1 is 1.14 bits per heavy atom. The molecular weight excluding hydrogens is 284 g/mol. The summed E-state index contributed by atoms with van der Waals surface area (Å²) in [6.45, 7) is 3.14. The maximum Gasteiger partial charge on any atom is 0.161 e. The summed E-state index contributed by atoms with van der Waals surface area (Å²) >= 11 is 2.07. The lowest BCUT2D eigenvalue weighted by atomic mass is 9.90. The van der Waals surface area contributed by atoms with Gasteiger partial charge in [0.1, 0.15) is 0 Å². The van der Waals surface area contributed by atoms with Crippen LogP contribution in [0.2, 0.25) is 0 Å². The molecule has 2 unspecified atom stereocenters. The second kappa shape index (κ2) is 6.49. The van der Waals surface area contributed by atoms with Crippen molar-refractivity contribution in [3.63, 3.8) is 0 Å². The van der Waals surface area contributed by atoms with Crippen molar-refractivity contribution >= 4 is 11.8 Å². The van der Waals surface area contributed by atoms with Crippen LogP contribution < -0.4 is 9.47 Å². The van der Waals surface area contributed by atoms with Crippen molar-refractivity contribution in [1.29, 1.82) is 0 Å². The van der Waals surface area contributed by atoms with Crippen molar-refractivity contribution in [3.05, 3.63) is 24.3 Å². The van der Waals surface area contributed by atoms with Crippen LogP contribution in [-0.2, 0) is 0 Å². The summed E-state index contributed by atoms with van der Waals surface area (Å²) in [5, 5.41) is 12.1. The Morgan fingerprint density at radius 2 is 1.76 bits per heavy atom. The predicted molar refractivity (Wildman–Crippen MR) is 86.3 cm³/mol. The van der Waals surface area contributed by atoms with Gasteiger partial charge >= 0.3 is 0 Å². The van der Waals surface area contributed by atoms with Crippen LogP contribution in [0.25, 0.3) is 0 Å². The van der Waals surface area contributed by atoms with Gasteiger partial charge in [-0.25, -0.2) is 0 Å². The van der Waals surface area contributed by atoms with E-state index in [1.165, 1.54) is 12.8 Å². The first-order chi connectivity index (χ1) is 10.2. The standard InChI is InChI=1S/C17H24O3S/c1-2-19-15-5-3-4-6-16(15)20-10-9-17(18)11-13-7-8-14(12-17)21-13/h3-6,13-14,18H,2,7-12H2,1H3. The Hall–Kier alpha value is -0.870. The zero-order valence-electron chi connectivity index (χ0n) is 12.6. The van der Waals surface area contributed by atoms with Gasteiger partial charge in [0.25, 0.3) is 0 Å². The topological polar surface area (TPSA) is 38.7 Å². The Bertz CT molecular complexity index is 465.